The van der Waals surface area contributed by atoms with Gasteiger partial charge in [0.2, 0.25) is 0 Å². The molecule has 0 saturated heterocycles. The van der Waals surface area contributed by atoms with Crippen LogP contribution in [0.1, 0.15) is 57.1 Å². The summed E-state index contributed by atoms with van der Waals surface area (Å²) in [6.45, 7) is 3.20. The summed E-state index contributed by atoms with van der Waals surface area (Å²) in [5.74, 6) is 2.68. The number of rotatable bonds is 7. The van der Waals surface area contributed by atoms with E-state index in [0.717, 1.165) is 17.8 Å². The zero-order valence-electron chi connectivity index (χ0n) is 14.8. The average Bonchev–Trinajstić information content (AvgIpc) is 2.57. The number of nitrogens with one attached hydrogen (secondary N) is 1. The van der Waals surface area contributed by atoms with Crippen LogP contribution in [0, 0.1) is 17.8 Å². The number of benzene rings is 1. The molecule has 0 heterocycles. The Hall–Kier alpha value is -0.900. The molecule has 2 atom stereocenters. The zero-order chi connectivity index (χ0) is 16.6. The first kappa shape index (κ1) is 16.6. The average molecular weight is 329 g/mol. The molecule has 5 rings (SSSR count). The normalized spacial score (nSPS) is 36.7. The van der Waals surface area contributed by atoms with Crippen LogP contribution < -0.4 is 5.32 Å². The largest absolute Gasteiger partial charge is 0.389 e. The maximum Gasteiger partial charge on any atom is 0.0898 e. The van der Waals surface area contributed by atoms with Gasteiger partial charge in [0.1, 0.15) is 0 Å². The van der Waals surface area contributed by atoms with E-state index in [0.29, 0.717) is 13.2 Å². The number of hydrogen-bond donors (Lipinski definition) is 2. The van der Waals surface area contributed by atoms with Gasteiger partial charge in [0.05, 0.1) is 18.3 Å². The number of aliphatic hydroxyl groups is 1. The maximum atomic E-state index is 10.4. The maximum absolute atomic E-state index is 10.4. The van der Waals surface area contributed by atoms with Gasteiger partial charge in [-0.1, -0.05) is 30.3 Å². The Kier molecular flexibility index (Phi) is 4.68. The molecule has 0 amide bonds. The van der Waals surface area contributed by atoms with Crippen LogP contribution in [0.25, 0.3) is 0 Å². The SMILES string of the molecule is C[C@@H](NC[C@H](O)COC12CC3CC(CC(C3)C1)C2)c1ccccc1. The number of hydrogen-bond acceptors (Lipinski definition) is 3. The molecule has 4 fully saturated rings. The summed E-state index contributed by atoms with van der Waals surface area (Å²) in [7, 11) is 0. The van der Waals surface area contributed by atoms with Crippen LogP contribution in [0.4, 0.5) is 0 Å². The van der Waals surface area contributed by atoms with Crippen LogP contribution in [0.5, 0.6) is 0 Å². The Labute approximate surface area is 145 Å². The van der Waals surface area contributed by atoms with Crippen molar-refractivity contribution in [3.8, 4) is 0 Å². The molecule has 0 spiro atoms. The summed E-state index contributed by atoms with van der Waals surface area (Å²) in [6, 6.07) is 10.6. The lowest BCUT2D eigenvalue weighted by Crippen LogP contribution is -2.53. The Morgan fingerprint density at radius 2 is 1.67 bits per heavy atom. The summed E-state index contributed by atoms with van der Waals surface area (Å²) in [4.78, 5) is 0. The van der Waals surface area contributed by atoms with Crippen molar-refractivity contribution >= 4 is 0 Å². The van der Waals surface area contributed by atoms with Gasteiger partial charge in [-0.2, -0.15) is 0 Å². The molecule has 0 aliphatic heterocycles. The molecular formula is C21H31NO2. The van der Waals surface area contributed by atoms with Crippen molar-refractivity contribution in [1.82, 2.24) is 5.32 Å². The zero-order valence-corrected chi connectivity index (χ0v) is 14.8. The van der Waals surface area contributed by atoms with E-state index in [4.69, 9.17) is 4.74 Å². The van der Waals surface area contributed by atoms with E-state index < -0.39 is 6.10 Å². The van der Waals surface area contributed by atoms with Crippen molar-refractivity contribution in [3.05, 3.63) is 35.9 Å². The van der Waals surface area contributed by atoms with Crippen molar-refractivity contribution in [1.29, 1.82) is 0 Å². The minimum Gasteiger partial charge on any atom is -0.389 e. The fourth-order valence-corrected chi connectivity index (χ4v) is 5.71. The molecule has 0 unspecified atom stereocenters. The molecule has 0 radical (unpaired) electrons. The van der Waals surface area contributed by atoms with E-state index in [9.17, 15) is 5.11 Å². The first-order valence-corrected chi connectivity index (χ1v) is 9.72. The first-order valence-electron chi connectivity index (χ1n) is 9.72. The highest BCUT2D eigenvalue weighted by atomic mass is 16.5. The fourth-order valence-electron chi connectivity index (χ4n) is 5.71. The molecule has 4 aliphatic carbocycles. The summed E-state index contributed by atoms with van der Waals surface area (Å²) >= 11 is 0. The summed E-state index contributed by atoms with van der Waals surface area (Å²) in [6.07, 6.45) is 7.58. The van der Waals surface area contributed by atoms with Gasteiger partial charge in [-0.25, -0.2) is 0 Å². The van der Waals surface area contributed by atoms with Crippen molar-refractivity contribution in [3.63, 3.8) is 0 Å². The summed E-state index contributed by atoms with van der Waals surface area (Å²) < 4.78 is 6.35. The number of ether oxygens (including phenoxy) is 1. The van der Waals surface area contributed by atoms with E-state index in [1.165, 1.54) is 44.1 Å². The van der Waals surface area contributed by atoms with E-state index in [2.05, 4.69) is 36.5 Å². The molecule has 3 heteroatoms. The Balaban J connectivity index is 1.24. The second-order valence-corrected chi connectivity index (χ2v) is 8.61. The lowest BCUT2D eigenvalue weighted by molar-refractivity contribution is -0.174. The van der Waals surface area contributed by atoms with Crippen LogP contribution in [-0.2, 0) is 4.74 Å². The monoisotopic (exact) mass is 329 g/mol. The molecule has 0 aromatic heterocycles. The highest BCUT2D eigenvalue weighted by Crippen LogP contribution is 2.57. The molecule has 3 nitrogen and oxygen atoms in total. The van der Waals surface area contributed by atoms with Crippen LogP contribution in [-0.4, -0.2) is 30.0 Å². The minimum absolute atomic E-state index is 0.0980. The standard InChI is InChI=1S/C21H31NO2/c1-15(19-5-3-2-4-6-19)22-13-20(23)14-24-21-10-16-7-17(11-21)9-18(8-16)12-21/h2-6,15-18,20,22-23H,7-14H2,1H3/t15-,16?,17?,18?,20+,21?/m1/s1. The quantitative estimate of drug-likeness (QED) is 0.802. The predicted molar refractivity (Wildman–Crippen MR) is 95.7 cm³/mol. The van der Waals surface area contributed by atoms with Gasteiger partial charge in [-0.15, -0.1) is 0 Å². The van der Waals surface area contributed by atoms with Crippen LogP contribution >= 0.6 is 0 Å². The Morgan fingerprint density at radius 1 is 1.08 bits per heavy atom. The van der Waals surface area contributed by atoms with Crippen molar-refractivity contribution in [2.24, 2.45) is 17.8 Å². The second kappa shape index (κ2) is 6.78. The highest BCUT2D eigenvalue weighted by molar-refractivity contribution is 5.18. The van der Waals surface area contributed by atoms with Gasteiger partial charge in [-0.05, 0) is 68.8 Å². The van der Waals surface area contributed by atoms with E-state index in [-0.39, 0.29) is 11.6 Å². The molecule has 4 aliphatic rings. The first-order chi connectivity index (χ1) is 11.6. The Bertz CT molecular complexity index is 509. The molecule has 2 N–H and O–H groups in total. The second-order valence-electron chi connectivity index (χ2n) is 8.61. The third-order valence-electron chi connectivity index (χ3n) is 6.52. The van der Waals surface area contributed by atoms with Gasteiger partial charge in [0.15, 0.2) is 0 Å². The van der Waals surface area contributed by atoms with Gasteiger partial charge < -0.3 is 15.2 Å². The highest BCUT2D eigenvalue weighted by Gasteiger charge is 2.51. The molecule has 4 saturated carbocycles. The minimum atomic E-state index is -0.427. The van der Waals surface area contributed by atoms with Crippen LogP contribution in [0.2, 0.25) is 0 Å². The summed E-state index contributed by atoms with van der Waals surface area (Å²) in [5, 5.41) is 13.8. The fraction of sp³-hybridized carbons (Fsp3) is 0.714. The topological polar surface area (TPSA) is 41.5 Å². The molecule has 24 heavy (non-hydrogen) atoms. The predicted octanol–water partition coefficient (Wildman–Crippen LogP) is 3.68. The van der Waals surface area contributed by atoms with Crippen molar-refractivity contribution in [2.75, 3.05) is 13.2 Å². The molecule has 1 aromatic carbocycles. The third kappa shape index (κ3) is 3.54. The van der Waals surface area contributed by atoms with Gasteiger partial charge in [0, 0.05) is 12.6 Å². The van der Waals surface area contributed by atoms with Crippen LogP contribution in [0.3, 0.4) is 0 Å². The van der Waals surface area contributed by atoms with Crippen molar-refractivity contribution < 1.29 is 9.84 Å². The third-order valence-corrected chi connectivity index (χ3v) is 6.52. The molecule has 1 aromatic rings. The molecular weight excluding hydrogens is 298 g/mol. The lowest BCUT2D eigenvalue weighted by atomic mass is 9.54. The van der Waals surface area contributed by atoms with E-state index in [1.807, 2.05) is 6.07 Å². The smallest absolute Gasteiger partial charge is 0.0898 e. The Morgan fingerprint density at radius 3 is 2.25 bits per heavy atom. The lowest BCUT2D eigenvalue weighted by Gasteiger charge is -2.56. The van der Waals surface area contributed by atoms with Crippen LogP contribution in [0.15, 0.2) is 30.3 Å². The van der Waals surface area contributed by atoms with E-state index >= 15 is 0 Å². The van der Waals surface area contributed by atoms with Gasteiger partial charge in [-0.3, -0.25) is 0 Å². The van der Waals surface area contributed by atoms with Gasteiger partial charge in [0.25, 0.3) is 0 Å². The summed E-state index contributed by atoms with van der Waals surface area (Å²) in [5.41, 5.74) is 1.35. The van der Waals surface area contributed by atoms with E-state index in [1.54, 1.807) is 0 Å². The van der Waals surface area contributed by atoms with Crippen molar-refractivity contribution in [2.45, 2.75) is 63.2 Å². The van der Waals surface area contributed by atoms with Gasteiger partial charge >= 0.3 is 0 Å². The molecule has 132 valence electrons. The molecule has 4 bridgehead atoms. The number of aliphatic hydroxyl groups excluding tert-OH is 1.